The molecule has 4 unspecified atom stereocenters. The van der Waals surface area contributed by atoms with Crippen molar-refractivity contribution in [1.29, 1.82) is 0 Å². The molecular weight excluding hydrogens is 248 g/mol. The summed E-state index contributed by atoms with van der Waals surface area (Å²) in [6.45, 7) is 9.23. The maximum atomic E-state index is 12.5. The van der Waals surface area contributed by atoms with Crippen LogP contribution in [-0.4, -0.2) is 36.5 Å². The zero-order valence-corrected chi connectivity index (χ0v) is 13.5. The van der Waals surface area contributed by atoms with Crippen molar-refractivity contribution in [3.63, 3.8) is 0 Å². The second kappa shape index (κ2) is 7.44. The van der Waals surface area contributed by atoms with Crippen LogP contribution in [0.4, 0.5) is 0 Å². The Morgan fingerprint density at radius 3 is 2.45 bits per heavy atom. The summed E-state index contributed by atoms with van der Waals surface area (Å²) >= 11 is 0. The second-order valence-corrected chi connectivity index (χ2v) is 6.83. The van der Waals surface area contributed by atoms with Crippen LogP contribution in [-0.2, 0) is 4.79 Å². The van der Waals surface area contributed by atoms with E-state index in [4.69, 9.17) is 0 Å². The first kappa shape index (κ1) is 15.8. The van der Waals surface area contributed by atoms with Crippen LogP contribution in [0.25, 0.3) is 0 Å². The molecule has 1 saturated carbocycles. The van der Waals surface area contributed by atoms with Crippen LogP contribution in [0, 0.1) is 17.8 Å². The van der Waals surface area contributed by atoms with E-state index in [0.29, 0.717) is 5.91 Å². The van der Waals surface area contributed by atoms with E-state index in [9.17, 15) is 4.79 Å². The van der Waals surface area contributed by atoms with Gasteiger partial charge in [0, 0.05) is 13.1 Å². The monoisotopic (exact) mass is 280 g/mol. The lowest BCUT2D eigenvalue weighted by Gasteiger charge is -2.39. The van der Waals surface area contributed by atoms with Gasteiger partial charge < -0.3 is 10.2 Å². The third-order valence-electron chi connectivity index (χ3n) is 5.46. The molecular formula is C17H32N2O. The minimum absolute atomic E-state index is 0.0749. The summed E-state index contributed by atoms with van der Waals surface area (Å²) in [5.41, 5.74) is 0. The maximum Gasteiger partial charge on any atom is 0.239 e. The number of nitrogens with zero attached hydrogens (tertiary/aromatic N) is 1. The van der Waals surface area contributed by atoms with Gasteiger partial charge in [-0.2, -0.15) is 0 Å². The third kappa shape index (κ3) is 3.75. The highest BCUT2D eigenvalue weighted by Gasteiger charge is 2.34. The SMILES string of the molecule is CCN(CC)C(=O)C1CC(C2CCCC(C)C2)CCN1. The Bertz CT molecular complexity index is 314. The Kier molecular flexibility index (Phi) is 5.88. The van der Waals surface area contributed by atoms with Crippen LogP contribution in [0.1, 0.15) is 59.3 Å². The van der Waals surface area contributed by atoms with Gasteiger partial charge in [0.2, 0.25) is 5.91 Å². The number of carbonyl (C=O) groups excluding carboxylic acids is 1. The van der Waals surface area contributed by atoms with Gasteiger partial charge in [0.25, 0.3) is 0 Å². The topological polar surface area (TPSA) is 32.3 Å². The van der Waals surface area contributed by atoms with E-state index < -0.39 is 0 Å². The Morgan fingerprint density at radius 1 is 1.10 bits per heavy atom. The van der Waals surface area contributed by atoms with Crippen molar-refractivity contribution in [2.75, 3.05) is 19.6 Å². The molecule has 1 aliphatic heterocycles. The molecule has 3 nitrogen and oxygen atoms in total. The summed E-state index contributed by atoms with van der Waals surface area (Å²) in [5.74, 6) is 2.85. The molecule has 3 heteroatoms. The number of hydrogen-bond acceptors (Lipinski definition) is 2. The van der Waals surface area contributed by atoms with Gasteiger partial charge in [0.1, 0.15) is 0 Å². The second-order valence-electron chi connectivity index (χ2n) is 6.83. The van der Waals surface area contributed by atoms with Gasteiger partial charge in [0.15, 0.2) is 0 Å². The van der Waals surface area contributed by atoms with Crippen molar-refractivity contribution in [2.24, 2.45) is 17.8 Å². The standard InChI is InChI=1S/C17H32N2O/c1-4-19(5-2)17(20)16-12-15(9-10-18-16)14-8-6-7-13(3)11-14/h13-16,18H,4-12H2,1-3H3. The minimum atomic E-state index is 0.0749. The first-order valence-electron chi connectivity index (χ1n) is 8.67. The minimum Gasteiger partial charge on any atom is -0.342 e. The van der Waals surface area contributed by atoms with Crippen molar-refractivity contribution in [2.45, 2.75) is 65.3 Å². The van der Waals surface area contributed by atoms with Crippen LogP contribution in [0.2, 0.25) is 0 Å². The lowest BCUT2D eigenvalue weighted by molar-refractivity contribution is -0.134. The Labute approximate surface area is 124 Å². The molecule has 0 radical (unpaired) electrons. The highest BCUT2D eigenvalue weighted by Crippen LogP contribution is 2.38. The van der Waals surface area contributed by atoms with Crippen LogP contribution in [0.15, 0.2) is 0 Å². The van der Waals surface area contributed by atoms with Crippen LogP contribution >= 0.6 is 0 Å². The molecule has 0 bridgehead atoms. The molecule has 4 atom stereocenters. The molecule has 2 rings (SSSR count). The molecule has 116 valence electrons. The average Bonchev–Trinajstić information content (AvgIpc) is 2.48. The predicted octanol–water partition coefficient (Wildman–Crippen LogP) is 3.05. The van der Waals surface area contributed by atoms with E-state index in [2.05, 4.69) is 26.1 Å². The van der Waals surface area contributed by atoms with Crippen molar-refractivity contribution in [1.82, 2.24) is 10.2 Å². The van der Waals surface area contributed by atoms with Gasteiger partial charge in [-0.25, -0.2) is 0 Å². The number of piperidine rings is 1. The molecule has 0 spiro atoms. The van der Waals surface area contributed by atoms with E-state index >= 15 is 0 Å². The van der Waals surface area contributed by atoms with Gasteiger partial charge in [-0.05, 0) is 57.4 Å². The largest absolute Gasteiger partial charge is 0.342 e. The smallest absolute Gasteiger partial charge is 0.239 e. The fraction of sp³-hybridized carbons (Fsp3) is 0.941. The number of hydrogen-bond donors (Lipinski definition) is 1. The van der Waals surface area contributed by atoms with E-state index in [1.807, 2.05) is 4.90 Å². The van der Waals surface area contributed by atoms with Gasteiger partial charge >= 0.3 is 0 Å². The van der Waals surface area contributed by atoms with Gasteiger partial charge in [-0.3, -0.25) is 4.79 Å². The van der Waals surface area contributed by atoms with Crippen LogP contribution < -0.4 is 5.32 Å². The van der Waals surface area contributed by atoms with Crippen molar-refractivity contribution in [3.05, 3.63) is 0 Å². The quantitative estimate of drug-likeness (QED) is 0.858. The van der Waals surface area contributed by atoms with Gasteiger partial charge in [-0.1, -0.05) is 26.2 Å². The predicted molar refractivity (Wildman–Crippen MR) is 83.6 cm³/mol. The van der Waals surface area contributed by atoms with Gasteiger partial charge in [-0.15, -0.1) is 0 Å². The molecule has 0 aromatic rings. The Hall–Kier alpha value is -0.570. The summed E-state index contributed by atoms with van der Waals surface area (Å²) in [5, 5.41) is 3.46. The van der Waals surface area contributed by atoms with Crippen molar-refractivity contribution >= 4 is 5.91 Å². The number of rotatable bonds is 4. The van der Waals surface area contributed by atoms with E-state index in [0.717, 1.165) is 43.8 Å². The molecule has 1 saturated heterocycles. The van der Waals surface area contributed by atoms with Crippen molar-refractivity contribution in [3.8, 4) is 0 Å². The lowest BCUT2D eigenvalue weighted by Crippen LogP contribution is -2.51. The fourth-order valence-corrected chi connectivity index (χ4v) is 4.23. The Balaban J connectivity index is 1.92. The molecule has 1 aliphatic carbocycles. The van der Waals surface area contributed by atoms with E-state index in [-0.39, 0.29) is 6.04 Å². The first-order valence-corrected chi connectivity index (χ1v) is 8.67. The Morgan fingerprint density at radius 2 is 1.80 bits per heavy atom. The lowest BCUT2D eigenvalue weighted by atomic mass is 9.71. The number of likely N-dealkylation sites (N-methyl/N-ethyl adjacent to an activating group) is 1. The summed E-state index contributed by atoms with van der Waals surface area (Å²) in [6, 6.07) is 0.0749. The normalized spacial score (nSPS) is 34.8. The summed E-state index contributed by atoms with van der Waals surface area (Å²) in [6.07, 6.45) is 7.90. The van der Waals surface area contributed by atoms with E-state index in [1.54, 1.807) is 0 Å². The number of nitrogens with one attached hydrogen (secondary N) is 1. The highest BCUT2D eigenvalue weighted by molar-refractivity contribution is 5.82. The molecule has 1 amide bonds. The van der Waals surface area contributed by atoms with Gasteiger partial charge in [0.05, 0.1) is 6.04 Å². The maximum absolute atomic E-state index is 12.5. The summed E-state index contributed by atoms with van der Waals surface area (Å²) in [7, 11) is 0. The molecule has 1 heterocycles. The highest BCUT2D eigenvalue weighted by atomic mass is 16.2. The number of amides is 1. The summed E-state index contributed by atoms with van der Waals surface area (Å²) < 4.78 is 0. The molecule has 0 aromatic carbocycles. The zero-order chi connectivity index (χ0) is 14.5. The molecule has 2 fully saturated rings. The fourth-order valence-electron chi connectivity index (χ4n) is 4.23. The number of carbonyl (C=O) groups is 1. The van der Waals surface area contributed by atoms with E-state index in [1.165, 1.54) is 32.1 Å². The van der Waals surface area contributed by atoms with Crippen LogP contribution in [0.5, 0.6) is 0 Å². The average molecular weight is 280 g/mol. The summed E-state index contributed by atoms with van der Waals surface area (Å²) in [4.78, 5) is 14.5. The first-order chi connectivity index (χ1) is 9.65. The molecule has 0 aromatic heterocycles. The molecule has 20 heavy (non-hydrogen) atoms. The molecule has 2 aliphatic rings. The molecule has 1 N–H and O–H groups in total. The van der Waals surface area contributed by atoms with Crippen LogP contribution in [0.3, 0.4) is 0 Å². The third-order valence-corrected chi connectivity index (χ3v) is 5.46. The van der Waals surface area contributed by atoms with Crippen molar-refractivity contribution < 1.29 is 4.79 Å². The zero-order valence-electron chi connectivity index (χ0n) is 13.5.